The van der Waals surface area contributed by atoms with E-state index in [9.17, 15) is 19.1 Å². The first-order valence-electron chi connectivity index (χ1n) is 5.60. The van der Waals surface area contributed by atoms with Crippen molar-refractivity contribution in [2.45, 2.75) is 4.90 Å². The molecule has 0 fully saturated rings. The van der Waals surface area contributed by atoms with Crippen molar-refractivity contribution in [1.82, 2.24) is 4.72 Å². The molecule has 102 valence electrons. The Morgan fingerprint density at radius 2 is 1.65 bits per heavy atom. The standard InChI is InChI=1S/C13H10N2O4S/c16-13(10-4-2-1-3-5-10)14-20(19)12-8-6-11(7-9-12)15(17)18/h1-9H,(H,14,16)/t20-/m0/s1. The van der Waals surface area contributed by atoms with Gasteiger partial charge in [-0.25, -0.2) is 4.21 Å². The molecule has 1 atom stereocenters. The summed E-state index contributed by atoms with van der Waals surface area (Å²) in [6, 6.07) is 13.5. The lowest BCUT2D eigenvalue weighted by atomic mass is 10.2. The first kappa shape index (κ1) is 13.9. The molecule has 1 amide bonds. The second kappa shape index (κ2) is 6.07. The molecule has 0 aliphatic heterocycles. The molecular weight excluding hydrogens is 280 g/mol. The molecule has 2 aromatic carbocycles. The van der Waals surface area contributed by atoms with E-state index in [1.165, 1.54) is 24.3 Å². The average Bonchev–Trinajstić information content (AvgIpc) is 2.48. The van der Waals surface area contributed by atoms with Gasteiger partial charge in [-0.05, 0) is 24.3 Å². The highest BCUT2D eigenvalue weighted by atomic mass is 32.2. The van der Waals surface area contributed by atoms with E-state index in [-0.39, 0.29) is 5.69 Å². The van der Waals surface area contributed by atoms with Gasteiger partial charge < -0.3 is 0 Å². The fourth-order valence-corrected chi connectivity index (χ4v) is 2.27. The van der Waals surface area contributed by atoms with E-state index in [1.807, 2.05) is 0 Å². The molecule has 1 N–H and O–H groups in total. The van der Waals surface area contributed by atoms with Crippen LogP contribution in [-0.2, 0) is 11.0 Å². The van der Waals surface area contributed by atoms with Gasteiger partial charge in [0.2, 0.25) is 0 Å². The smallest absolute Gasteiger partial charge is 0.268 e. The number of carbonyl (C=O) groups is 1. The Kier molecular flexibility index (Phi) is 4.21. The Labute approximate surface area is 117 Å². The lowest BCUT2D eigenvalue weighted by Crippen LogP contribution is -2.25. The molecule has 0 aromatic heterocycles. The predicted molar refractivity (Wildman–Crippen MR) is 73.4 cm³/mol. The second-order valence-corrected chi connectivity index (χ2v) is 5.03. The Morgan fingerprint density at radius 1 is 1.05 bits per heavy atom. The summed E-state index contributed by atoms with van der Waals surface area (Å²) in [6.07, 6.45) is 0. The van der Waals surface area contributed by atoms with Gasteiger partial charge >= 0.3 is 0 Å². The van der Waals surface area contributed by atoms with Crippen LogP contribution >= 0.6 is 0 Å². The molecule has 0 aliphatic rings. The summed E-state index contributed by atoms with van der Waals surface area (Å²) >= 11 is 0. The van der Waals surface area contributed by atoms with Gasteiger partial charge in [0, 0.05) is 17.7 Å². The number of hydrogen-bond donors (Lipinski definition) is 1. The first-order valence-corrected chi connectivity index (χ1v) is 6.75. The average molecular weight is 290 g/mol. The maximum atomic E-state index is 11.9. The molecule has 6 nitrogen and oxygen atoms in total. The summed E-state index contributed by atoms with van der Waals surface area (Å²) in [6.45, 7) is 0. The van der Waals surface area contributed by atoms with Crippen LogP contribution in [0.15, 0.2) is 59.5 Å². The van der Waals surface area contributed by atoms with Crippen molar-refractivity contribution in [3.8, 4) is 0 Å². The van der Waals surface area contributed by atoms with E-state index >= 15 is 0 Å². The van der Waals surface area contributed by atoms with Crippen LogP contribution in [0.1, 0.15) is 10.4 Å². The van der Waals surface area contributed by atoms with Crippen molar-refractivity contribution in [2.24, 2.45) is 0 Å². The SMILES string of the molecule is O=C(N[S@@](=O)c1ccc([N+](=O)[O-])cc1)c1ccccc1. The molecule has 0 saturated heterocycles. The Hall–Kier alpha value is -2.54. The fourth-order valence-electron chi connectivity index (χ4n) is 1.48. The van der Waals surface area contributed by atoms with Gasteiger partial charge in [0.05, 0.1) is 9.82 Å². The normalized spacial score (nSPS) is 11.6. The van der Waals surface area contributed by atoms with Gasteiger partial charge in [0.1, 0.15) is 0 Å². The van der Waals surface area contributed by atoms with Crippen molar-refractivity contribution in [3.63, 3.8) is 0 Å². The first-order chi connectivity index (χ1) is 9.58. The molecule has 0 aliphatic carbocycles. The highest BCUT2D eigenvalue weighted by molar-refractivity contribution is 7.83. The van der Waals surface area contributed by atoms with E-state index in [0.29, 0.717) is 10.5 Å². The molecule has 0 heterocycles. The Morgan fingerprint density at radius 3 is 2.20 bits per heavy atom. The minimum absolute atomic E-state index is 0.0971. The zero-order valence-electron chi connectivity index (χ0n) is 10.2. The van der Waals surface area contributed by atoms with E-state index < -0.39 is 21.8 Å². The van der Waals surface area contributed by atoms with Crippen LogP contribution < -0.4 is 4.72 Å². The van der Waals surface area contributed by atoms with Crippen LogP contribution in [0.2, 0.25) is 0 Å². The molecule has 0 unspecified atom stereocenters. The highest BCUT2D eigenvalue weighted by Crippen LogP contribution is 2.14. The van der Waals surface area contributed by atoms with E-state index in [1.54, 1.807) is 30.3 Å². The summed E-state index contributed by atoms with van der Waals surface area (Å²) in [4.78, 5) is 22.0. The van der Waals surface area contributed by atoms with Crippen molar-refractivity contribution in [3.05, 3.63) is 70.3 Å². The number of non-ortho nitro benzene ring substituents is 1. The summed E-state index contributed by atoms with van der Waals surface area (Å²) in [5, 5.41) is 10.5. The van der Waals surface area contributed by atoms with Crippen molar-refractivity contribution in [1.29, 1.82) is 0 Å². The molecule has 0 bridgehead atoms. The van der Waals surface area contributed by atoms with E-state index in [4.69, 9.17) is 0 Å². The van der Waals surface area contributed by atoms with Gasteiger partial charge in [-0.15, -0.1) is 0 Å². The molecule has 0 saturated carbocycles. The van der Waals surface area contributed by atoms with Gasteiger partial charge in [-0.3, -0.25) is 19.6 Å². The molecule has 0 radical (unpaired) electrons. The third-order valence-corrected chi connectivity index (χ3v) is 3.55. The van der Waals surface area contributed by atoms with Crippen LogP contribution in [0.3, 0.4) is 0 Å². The number of carbonyl (C=O) groups excluding carboxylic acids is 1. The summed E-state index contributed by atoms with van der Waals surface area (Å²) in [7, 11) is -1.76. The zero-order chi connectivity index (χ0) is 14.5. The number of hydrogen-bond acceptors (Lipinski definition) is 4. The van der Waals surface area contributed by atoms with Gasteiger partial charge in [0.25, 0.3) is 11.6 Å². The lowest BCUT2D eigenvalue weighted by Gasteiger charge is -2.04. The minimum Gasteiger partial charge on any atom is -0.268 e. The van der Waals surface area contributed by atoms with Crippen molar-refractivity contribution < 1.29 is 13.9 Å². The maximum absolute atomic E-state index is 11.9. The lowest BCUT2D eigenvalue weighted by molar-refractivity contribution is -0.384. The third-order valence-electron chi connectivity index (χ3n) is 2.48. The van der Waals surface area contributed by atoms with Crippen LogP contribution in [0.25, 0.3) is 0 Å². The van der Waals surface area contributed by atoms with Crippen molar-refractivity contribution >= 4 is 22.6 Å². The highest BCUT2D eigenvalue weighted by Gasteiger charge is 2.12. The van der Waals surface area contributed by atoms with Gasteiger partial charge in [-0.2, -0.15) is 0 Å². The van der Waals surface area contributed by atoms with Crippen LogP contribution in [0, 0.1) is 10.1 Å². The van der Waals surface area contributed by atoms with Gasteiger partial charge in [0.15, 0.2) is 11.0 Å². The quantitative estimate of drug-likeness (QED) is 0.689. The number of amides is 1. The number of benzene rings is 2. The molecule has 2 aromatic rings. The van der Waals surface area contributed by atoms with E-state index in [2.05, 4.69) is 4.72 Å². The number of nitro benzene ring substituents is 1. The summed E-state index contributed by atoms with van der Waals surface area (Å²) in [5.74, 6) is -0.470. The number of nitrogens with one attached hydrogen (secondary N) is 1. The summed E-state index contributed by atoms with van der Waals surface area (Å²) < 4.78 is 14.2. The number of rotatable bonds is 4. The molecule has 0 spiro atoms. The predicted octanol–water partition coefficient (Wildman–Crippen LogP) is 2.05. The second-order valence-electron chi connectivity index (χ2n) is 3.82. The number of nitrogens with zero attached hydrogens (tertiary/aromatic N) is 1. The fraction of sp³-hybridized carbons (Fsp3) is 0. The largest absolute Gasteiger partial charge is 0.269 e. The summed E-state index contributed by atoms with van der Waals surface area (Å²) in [5.41, 5.74) is 0.294. The van der Waals surface area contributed by atoms with Gasteiger partial charge in [-0.1, -0.05) is 18.2 Å². The number of nitro groups is 1. The monoisotopic (exact) mass is 290 g/mol. The molecular formula is C13H10N2O4S. The molecule has 20 heavy (non-hydrogen) atoms. The minimum atomic E-state index is -1.76. The zero-order valence-corrected chi connectivity index (χ0v) is 11.0. The van der Waals surface area contributed by atoms with E-state index in [0.717, 1.165) is 0 Å². The van der Waals surface area contributed by atoms with Crippen LogP contribution in [0.4, 0.5) is 5.69 Å². The van der Waals surface area contributed by atoms with Crippen molar-refractivity contribution in [2.75, 3.05) is 0 Å². The van der Waals surface area contributed by atoms with Crippen LogP contribution in [-0.4, -0.2) is 15.0 Å². The van der Waals surface area contributed by atoms with Crippen LogP contribution in [0.5, 0.6) is 0 Å². The molecule has 7 heteroatoms. The Bertz CT molecular complexity index is 656. The third kappa shape index (κ3) is 3.27. The topological polar surface area (TPSA) is 89.3 Å². The maximum Gasteiger partial charge on any atom is 0.269 e. The molecule has 2 rings (SSSR count). The Balaban J connectivity index is 2.08.